The molecule has 2 heterocycles. The third-order valence-electron chi connectivity index (χ3n) is 6.54. The van der Waals surface area contributed by atoms with Gasteiger partial charge in [0.25, 0.3) is 11.5 Å². The van der Waals surface area contributed by atoms with Crippen molar-refractivity contribution in [2.24, 2.45) is 4.99 Å². The number of fused-ring (bicyclic) bond motifs is 1. The molecular formula is C32H26ClN3O4S. The fraction of sp³-hybridized carbons (Fsp3) is 0.156. The summed E-state index contributed by atoms with van der Waals surface area (Å²) in [6.45, 7) is 3.81. The molecule has 1 aliphatic rings. The number of carbonyl (C=O) groups excluding carboxylic acids is 1. The number of aromatic nitrogens is 1. The number of hydrogen-bond donors (Lipinski definition) is 1. The van der Waals surface area contributed by atoms with Crippen molar-refractivity contribution in [3.63, 3.8) is 0 Å². The molecule has 0 saturated carbocycles. The number of allylic oxidation sites excluding steroid dienone is 1. The molecule has 1 N–H and O–H groups in total. The quantitative estimate of drug-likeness (QED) is 0.315. The van der Waals surface area contributed by atoms with Crippen LogP contribution in [0.5, 0.6) is 11.5 Å². The van der Waals surface area contributed by atoms with E-state index in [1.54, 1.807) is 29.7 Å². The molecule has 0 spiro atoms. The summed E-state index contributed by atoms with van der Waals surface area (Å²) < 4.78 is 13.0. The maximum absolute atomic E-state index is 14.0. The number of para-hydroxylation sites is 1. The van der Waals surface area contributed by atoms with E-state index < -0.39 is 6.04 Å². The summed E-state index contributed by atoms with van der Waals surface area (Å²) in [6, 6.07) is 19.7. The van der Waals surface area contributed by atoms with E-state index in [9.17, 15) is 9.59 Å². The van der Waals surface area contributed by atoms with Crippen LogP contribution in [0.2, 0.25) is 5.02 Å². The fourth-order valence-electron chi connectivity index (χ4n) is 4.62. The van der Waals surface area contributed by atoms with Crippen molar-refractivity contribution in [2.45, 2.75) is 19.9 Å². The van der Waals surface area contributed by atoms with Crippen LogP contribution in [0.3, 0.4) is 0 Å². The Morgan fingerprint density at radius 2 is 1.90 bits per heavy atom. The number of terminal acetylenes is 1. The van der Waals surface area contributed by atoms with Crippen LogP contribution < -0.4 is 29.7 Å². The first-order chi connectivity index (χ1) is 19.8. The van der Waals surface area contributed by atoms with Crippen LogP contribution in [0.4, 0.5) is 5.69 Å². The molecule has 1 atom stereocenters. The predicted molar refractivity (Wildman–Crippen MR) is 162 cm³/mol. The van der Waals surface area contributed by atoms with Crippen LogP contribution in [0, 0.1) is 19.3 Å². The molecule has 1 amide bonds. The molecule has 0 saturated heterocycles. The molecule has 5 rings (SSSR count). The molecule has 1 aliphatic heterocycles. The summed E-state index contributed by atoms with van der Waals surface area (Å²) in [5.41, 5.74) is 3.81. The SMILES string of the molecule is C#CCOc1c(Cl)cc(/C=c2\sc3n(c2=O)[C@H](c2ccc(C)cc2)C(C(=O)Nc2ccccc2)=C(C)N=3)cc1OC. The number of hydrogen-bond acceptors (Lipinski definition) is 6. The van der Waals surface area contributed by atoms with Crippen molar-refractivity contribution in [3.8, 4) is 23.8 Å². The van der Waals surface area contributed by atoms with E-state index in [4.69, 9.17) is 32.5 Å². The molecule has 3 aromatic carbocycles. The summed E-state index contributed by atoms with van der Waals surface area (Å²) in [7, 11) is 1.50. The number of ether oxygens (including phenoxy) is 2. The lowest BCUT2D eigenvalue weighted by Gasteiger charge is -2.25. The van der Waals surface area contributed by atoms with Crippen LogP contribution >= 0.6 is 22.9 Å². The maximum Gasteiger partial charge on any atom is 0.271 e. The second-order valence-corrected chi connectivity index (χ2v) is 10.8. The lowest BCUT2D eigenvalue weighted by atomic mass is 9.94. The summed E-state index contributed by atoms with van der Waals surface area (Å²) in [5, 5.41) is 3.26. The average molecular weight is 584 g/mol. The average Bonchev–Trinajstić information content (AvgIpc) is 3.26. The molecule has 0 fully saturated rings. The molecule has 0 unspecified atom stereocenters. The standard InChI is InChI=1S/C32H26ClN3O4S/c1-5-15-40-29-24(33)16-21(17-25(29)39-4)18-26-31(38)36-28(22-13-11-19(2)12-14-22)27(20(3)34-32(36)41-26)30(37)35-23-9-7-6-8-10-23/h1,6-14,16-18,28H,15H2,2-4H3,(H,35,37)/b26-18-/t28-/m1/s1. The monoisotopic (exact) mass is 583 g/mol. The number of nitrogens with one attached hydrogen (secondary N) is 1. The van der Waals surface area contributed by atoms with Crippen molar-refractivity contribution in [1.82, 2.24) is 4.57 Å². The van der Waals surface area contributed by atoms with Gasteiger partial charge in [-0.05, 0) is 55.3 Å². The summed E-state index contributed by atoms with van der Waals surface area (Å²) in [6.07, 6.45) is 7.03. The number of amides is 1. The maximum atomic E-state index is 14.0. The normalized spacial score (nSPS) is 14.6. The molecule has 9 heteroatoms. The highest BCUT2D eigenvalue weighted by molar-refractivity contribution is 7.07. The van der Waals surface area contributed by atoms with Crippen molar-refractivity contribution >= 4 is 40.6 Å². The number of carbonyl (C=O) groups is 1. The zero-order valence-electron chi connectivity index (χ0n) is 22.6. The fourth-order valence-corrected chi connectivity index (χ4v) is 5.94. The van der Waals surface area contributed by atoms with E-state index in [0.29, 0.717) is 48.4 Å². The molecule has 1 aromatic heterocycles. The summed E-state index contributed by atoms with van der Waals surface area (Å²) in [4.78, 5) is 32.8. The number of methoxy groups -OCH3 is 1. The third-order valence-corrected chi connectivity index (χ3v) is 7.80. The lowest BCUT2D eigenvalue weighted by Crippen LogP contribution is -2.40. The van der Waals surface area contributed by atoms with E-state index >= 15 is 0 Å². The second-order valence-electron chi connectivity index (χ2n) is 9.34. The number of aryl methyl sites for hydroxylation is 1. The van der Waals surface area contributed by atoms with Crippen LogP contribution in [0.1, 0.15) is 29.7 Å². The van der Waals surface area contributed by atoms with Crippen molar-refractivity contribution in [3.05, 3.63) is 119 Å². The van der Waals surface area contributed by atoms with Gasteiger partial charge in [0, 0.05) is 5.69 Å². The summed E-state index contributed by atoms with van der Waals surface area (Å²) in [5.74, 6) is 2.80. The van der Waals surface area contributed by atoms with Crippen molar-refractivity contribution in [1.29, 1.82) is 0 Å². The molecule has 0 radical (unpaired) electrons. The van der Waals surface area contributed by atoms with E-state index in [0.717, 1.165) is 11.1 Å². The minimum Gasteiger partial charge on any atom is -0.493 e. The van der Waals surface area contributed by atoms with Gasteiger partial charge in [0.2, 0.25) is 0 Å². The Labute approximate surface area is 246 Å². The minimum absolute atomic E-state index is 0.0343. The molecule has 41 heavy (non-hydrogen) atoms. The van der Waals surface area contributed by atoms with Crippen molar-refractivity contribution < 1.29 is 14.3 Å². The highest BCUT2D eigenvalue weighted by Crippen LogP contribution is 2.36. The molecule has 0 aliphatic carbocycles. The topological polar surface area (TPSA) is 81.9 Å². The number of halogens is 1. The van der Waals surface area contributed by atoms with Gasteiger partial charge in [-0.15, -0.1) is 6.42 Å². The van der Waals surface area contributed by atoms with Gasteiger partial charge < -0.3 is 14.8 Å². The zero-order chi connectivity index (χ0) is 29.1. The number of rotatable bonds is 7. The van der Waals surface area contributed by atoms with E-state index in [1.807, 2.05) is 61.5 Å². The Balaban J connectivity index is 1.64. The van der Waals surface area contributed by atoms with Gasteiger partial charge in [0.1, 0.15) is 6.61 Å². The first-order valence-electron chi connectivity index (χ1n) is 12.7. The molecule has 206 valence electrons. The van der Waals surface area contributed by atoms with Crippen LogP contribution in [0.25, 0.3) is 6.08 Å². The Hall–Kier alpha value is -4.58. The van der Waals surface area contributed by atoms with E-state index in [2.05, 4.69) is 11.2 Å². The van der Waals surface area contributed by atoms with Gasteiger partial charge >= 0.3 is 0 Å². The Morgan fingerprint density at radius 1 is 1.17 bits per heavy atom. The predicted octanol–water partition coefficient (Wildman–Crippen LogP) is 4.86. The summed E-state index contributed by atoms with van der Waals surface area (Å²) >= 11 is 7.71. The van der Waals surface area contributed by atoms with Gasteiger partial charge in [-0.3, -0.25) is 14.2 Å². The Morgan fingerprint density at radius 3 is 2.59 bits per heavy atom. The van der Waals surface area contributed by atoms with Gasteiger partial charge in [-0.25, -0.2) is 4.99 Å². The Bertz CT molecular complexity index is 1880. The molecular weight excluding hydrogens is 558 g/mol. The zero-order valence-corrected chi connectivity index (χ0v) is 24.2. The van der Waals surface area contributed by atoms with Gasteiger partial charge in [-0.1, -0.05) is 76.9 Å². The smallest absolute Gasteiger partial charge is 0.271 e. The first kappa shape index (κ1) is 28.0. The highest BCUT2D eigenvalue weighted by atomic mass is 35.5. The highest BCUT2D eigenvalue weighted by Gasteiger charge is 2.32. The number of anilines is 1. The number of thiazole rings is 1. The molecule has 4 aromatic rings. The first-order valence-corrected chi connectivity index (χ1v) is 13.9. The van der Waals surface area contributed by atoms with Gasteiger partial charge in [0.05, 0.1) is 34.0 Å². The molecule has 0 bridgehead atoms. The van der Waals surface area contributed by atoms with Gasteiger partial charge in [0.15, 0.2) is 16.3 Å². The largest absolute Gasteiger partial charge is 0.493 e. The van der Waals surface area contributed by atoms with E-state index in [1.165, 1.54) is 18.4 Å². The number of benzene rings is 3. The van der Waals surface area contributed by atoms with Crippen LogP contribution in [-0.4, -0.2) is 24.2 Å². The van der Waals surface area contributed by atoms with Crippen molar-refractivity contribution in [2.75, 3.05) is 19.0 Å². The second kappa shape index (κ2) is 11.9. The third kappa shape index (κ3) is 5.68. The number of nitrogens with zero attached hydrogens (tertiary/aromatic N) is 2. The Kier molecular flexibility index (Phi) is 8.11. The minimum atomic E-state index is -0.671. The molecule has 7 nitrogen and oxygen atoms in total. The van der Waals surface area contributed by atoms with Gasteiger partial charge in [-0.2, -0.15) is 0 Å². The van der Waals surface area contributed by atoms with Crippen LogP contribution in [-0.2, 0) is 4.79 Å². The lowest BCUT2D eigenvalue weighted by molar-refractivity contribution is -0.113. The van der Waals surface area contributed by atoms with E-state index in [-0.39, 0.29) is 18.1 Å². The van der Waals surface area contributed by atoms with Crippen LogP contribution in [0.15, 0.2) is 87.8 Å².